The maximum Gasteiger partial charge on any atom is 0.337 e. The van der Waals surface area contributed by atoms with Crippen LogP contribution in [0.15, 0.2) is 67.0 Å². The highest BCUT2D eigenvalue weighted by Crippen LogP contribution is 2.17. The van der Waals surface area contributed by atoms with Gasteiger partial charge in [0.05, 0.1) is 24.1 Å². The normalized spacial score (nSPS) is 10.2. The lowest BCUT2D eigenvalue weighted by Crippen LogP contribution is -2.22. The Bertz CT molecular complexity index is 926. The van der Waals surface area contributed by atoms with E-state index in [-0.39, 0.29) is 5.91 Å². The van der Waals surface area contributed by atoms with Crippen molar-refractivity contribution < 1.29 is 14.3 Å². The molecule has 26 heavy (non-hydrogen) atoms. The Morgan fingerprint density at radius 1 is 0.923 bits per heavy atom. The van der Waals surface area contributed by atoms with Crippen LogP contribution in [0, 0.1) is 0 Å². The monoisotopic (exact) mass is 347 g/mol. The molecule has 0 aliphatic carbocycles. The SMILES string of the molecule is COC(=O)c1ccnc(-c2cc(C(=O)NCc3ccccc3)ccn2)c1. The van der Waals surface area contributed by atoms with Crippen LogP contribution in [0.3, 0.4) is 0 Å². The van der Waals surface area contributed by atoms with E-state index in [0.29, 0.717) is 29.1 Å². The first-order valence-electron chi connectivity index (χ1n) is 8.00. The molecule has 6 nitrogen and oxygen atoms in total. The number of pyridine rings is 2. The zero-order chi connectivity index (χ0) is 18.4. The molecule has 6 heteroatoms. The third-order valence-corrected chi connectivity index (χ3v) is 3.76. The van der Waals surface area contributed by atoms with Crippen LogP contribution < -0.4 is 5.32 Å². The van der Waals surface area contributed by atoms with Crippen molar-refractivity contribution in [1.29, 1.82) is 0 Å². The Morgan fingerprint density at radius 3 is 2.19 bits per heavy atom. The lowest BCUT2D eigenvalue weighted by molar-refractivity contribution is 0.0600. The summed E-state index contributed by atoms with van der Waals surface area (Å²) >= 11 is 0. The molecule has 3 aromatic rings. The zero-order valence-electron chi connectivity index (χ0n) is 14.2. The molecule has 0 atom stereocenters. The smallest absolute Gasteiger partial charge is 0.337 e. The number of hydrogen-bond acceptors (Lipinski definition) is 5. The van der Waals surface area contributed by atoms with Crippen LogP contribution in [0.25, 0.3) is 11.4 Å². The van der Waals surface area contributed by atoms with Gasteiger partial charge in [0, 0.05) is 24.5 Å². The van der Waals surface area contributed by atoms with Gasteiger partial charge in [0.2, 0.25) is 0 Å². The summed E-state index contributed by atoms with van der Waals surface area (Å²) in [6.07, 6.45) is 3.05. The molecule has 1 aromatic carbocycles. The second-order valence-corrected chi connectivity index (χ2v) is 5.52. The van der Waals surface area contributed by atoms with E-state index in [0.717, 1.165) is 5.56 Å². The molecule has 2 heterocycles. The molecule has 130 valence electrons. The van der Waals surface area contributed by atoms with Gasteiger partial charge in [-0.1, -0.05) is 30.3 Å². The lowest BCUT2D eigenvalue weighted by atomic mass is 10.1. The van der Waals surface area contributed by atoms with Crippen molar-refractivity contribution in [3.63, 3.8) is 0 Å². The number of rotatable bonds is 5. The van der Waals surface area contributed by atoms with E-state index in [1.165, 1.54) is 13.3 Å². The molecule has 0 radical (unpaired) electrons. The predicted octanol–water partition coefficient (Wildman–Crippen LogP) is 2.86. The van der Waals surface area contributed by atoms with E-state index in [9.17, 15) is 9.59 Å². The fraction of sp³-hybridized carbons (Fsp3) is 0.100. The number of hydrogen-bond donors (Lipinski definition) is 1. The third-order valence-electron chi connectivity index (χ3n) is 3.76. The van der Waals surface area contributed by atoms with Gasteiger partial charge in [0.25, 0.3) is 5.91 Å². The minimum atomic E-state index is -0.453. The van der Waals surface area contributed by atoms with Gasteiger partial charge in [0.1, 0.15) is 0 Å². The number of benzene rings is 1. The number of carbonyl (C=O) groups is 2. The Hall–Kier alpha value is -3.54. The first-order valence-corrected chi connectivity index (χ1v) is 8.00. The molecule has 0 aliphatic rings. The zero-order valence-corrected chi connectivity index (χ0v) is 14.2. The number of methoxy groups -OCH3 is 1. The molecule has 0 saturated carbocycles. The van der Waals surface area contributed by atoms with Gasteiger partial charge in [-0.15, -0.1) is 0 Å². The Balaban J connectivity index is 1.78. The van der Waals surface area contributed by atoms with E-state index >= 15 is 0 Å². The first kappa shape index (κ1) is 17.3. The topological polar surface area (TPSA) is 81.2 Å². The minimum absolute atomic E-state index is 0.207. The van der Waals surface area contributed by atoms with Gasteiger partial charge in [-0.3, -0.25) is 14.8 Å². The average molecular weight is 347 g/mol. The third kappa shape index (κ3) is 4.10. The number of esters is 1. The molecule has 3 rings (SSSR count). The standard InChI is InChI=1S/C20H17N3O3/c1-26-20(25)16-8-10-22-18(12-16)17-11-15(7-9-21-17)19(24)23-13-14-5-3-2-4-6-14/h2-12H,13H2,1H3,(H,23,24). The number of ether oxygens (including phenoxy) is 1. The van der Waals surface area contributed by atoms with Crippen molar-refractivity contribution in [1.82, 2.24) is 15.3 Å². The maximum absolute atomic E-state index is 12.4. The average Bonchev–Trinajstić information content (AvgIpc) is 2.72. The molecule has 1 amide bonds. The summed E-state index contributed by atoms with van der Waals surface area (Å²) in [7, 11) is 1.32. The van der Waals surface area contributed by atoms with Crippen LogP contribution >= 0.6 is 0 Å². The van der Waals surface area contributed by atoms with Crippen LogP contribution in [-0.2, 0) is 11.3 Å². The van der Waals surface area contributed by atoms with Gasteiger partial charge in [-0.05, 0) is 29.8 Å². The second kappa shape index (κ2) is 8.02. The first-order chi connectivity index (χ1) is 12.7. The quantitative estimate of drug-likeness (QED) is 0.718. The largest absolute Gasteiger partial charge is 0.465 e. The molecule has 0 saturated heterocycles. The predicted molar refractivity (Wildman–Crippen MR) is 96.4 cm³/mol. The lowest BCUT2D eigenvalue weighted by Gasteiger charge is -2.07. The van der Waals surface area contributed by atoms with Gasteiger partial charge in [-0.2, -0.15) is 0 Å². The van der Waals surface area contributed by atoms with E-state index in [1.807, 2.05) is 30.3 Å². The summed E-state index contributed by atoms with van der Waals surface area (Å²) in [5, 5.41) is 2.87. The molecule has 2 aromatic heterocycles. The summed E-state index contributed by atoms with van der Waals surface area (Å²) in [5.74, 6) is -0.660. The highest BCUT2D eigenvalue weighted by atomic mass is 16.5. The summed E-state index contributed by atoms with van der Waals surface area (Å²) in [5.41, 5.74) is 2.85. The van der Waals surface area contributed by atoms with Crippen LogP contribution in [0.1, 0.15) is 26.3 Å². The fourth-order valence-electron chi connectivity index (χ4n) is 2.41. The van der Waals surface area contributed by atoms with Crippen LogP contribution in [0.5, 0.6) is 0 Å². The van der Waals surface area contributed by atoms with Crippen molar-refractivity contribution in [2.75, 3.05) is 7.11 Å². The maximum atomic E-state index is 12.4. The fourth-order valence-corrected chi connectivity index (χ4v) is 2.41. The highest BCUT2D eigenvalue weighted by molar-refractivity contribution is 5.95. The molecule has 0 bridgehead atoms. The molecule has 0 aliphatic heterocycles. The number of amides is 1. The van der Waals surface area contributed by atoms with Crippen molar-refractivity contribution >= 4 is 11.9 Å². The molecule has 1 N–H and O–H groups in total. The van der Waals surface area contributed by atoms with Crippen molar-refractivity contribution in [2.24, 2.45) is 0 Å². The Kier molecular flexibility index (Phi) is 5.34. The van der Waals surface area contributed by atoms with E-state index < -0.39 is 5.97 Å². The van der Waals surface area contributed by atoms with Crippen molar-refractivity contribution in [3.05, 3.63) is 83.7 Å². The summed E-state index contributed by atoms with van der Waals surface area (Å²) in [6.45, 7) is 0.438. The summed E-state index contributed by atoms with van der Waals surface area (Å²) in [6, 6.07) is 16.1. The van der Waals surface area contributed by atoms with Crippen LogP contribution in [-0.4, -0.2) is 29.0 Å². The number of carbonyl (C=O) groups excluding carboxylic acids is 2. The molecule has 0 fully saturated rings. The summed E-state index contributed by atoms with van der Waals surface area (Å²) < 4.78 is 4.71. The van der Waals surface area contributed by atoms with Gasteiger partial charge in [0.15, 0.2) is 0 Å². The second-order valence-electron chi connectivity index (χ2n) is 5.52. The Labute approximate surface area is 150 Å². The van der Waals surface area contributed by atoms with Gasteiger partial charge < -0.3 is 10.1 Å². The minimum Gasteiger partial charge on any atom is -0.465 e. The van der Waals surface area contributed by atoms with Crippen molar-refractivity contribution in [2.45, 2.75) is 6.54 Å². The van der Waals surface area contributed by atoms with E-state index in [4.69, 9.17) is 4.74 Å². The number of nitrogens with one attached hydrogen (secondary N) is 1. The van der Waals surface area contributed by atoms with Crippen molar-refractivity contribution in [3.8, 4) is 11.4 Å². The molecular formula is C20H17N3O3. The molecule has 0 unspecified atom stereocenters. The van der Waals surface area contributed by atoms with E-state index in [1.54, 1.807) is 30.5 Å². The molecular weight excluding hydrogens is 330 g/mol. The van der Waals surface area contributed by atoms with Crippen LogP contribution in [0.2, 0.25) is 0 Å². The number of nitrogens with zero attached hydrogens (tertiary/aromatic N) is 2. The van der Waals surface area contributed by atoms with Gasteiger partial charge >= 0.3 is 5.97 Å². The Morgan fingerprint density at radius 2 is 1.54 bits per heavy atom. The van der Waals surface area contributed by atoms with Gasteiger partial charge in [-0.25, -0.2) is 4.79 Å². The number of aromatic nitrogens is 2. The summed E-state index contributed by atoms with van der Waals surface area (Å²) in [4.78, 5) is 32.5. The van der Waals surface area contributed by atoms with E-state index in [2.05, 4.69) is 15.3 Å². The van der Waals surface area contributed by atoms with Crippen LogP contribution in [0.4, 0.5) is 0 Å². The molecule has 0 spiro atoms. The highest BCUT2D eigenvalue weighted by Gasteiger charge is 2.11.